The van der Waals surface area contributed by atoms with Crippen LogP contribution in [0.25, 0.3) is 6.08 Å². The maximum atomic E-state index is 12.1. The zero-order valence-corrected chi connectivity index (χ0v) is 19.1. The van der Waals surface area contributed by atoms with Crippen LogP contribution in [-0.4, -0.2) is 56.2 Å². The van der Waals surface area contributed by atoms with Gasteiger partial charge in [0.2, 0.25) is 0 Å². The minimum Gasteiger partial charge on any atom is -0.493 e. The molecular weight excluding hydrogens is 422 g/mol. The molecule has 3 rings (SSSR count). The predicted octanol–water partition coefficient (Wildman–Crippen LogP) is 3.13. The third kappa shape index (κ3) is 5.63. The molecule has 1 unspecified atom stereocenters. The van der Waals surface area contributed by atoms with Crippen molar-refractivity contribution in [1.82, 2.24) is 10.6 Å². The molecule has 1 aromatic rings. The molecule has 10 heteroatoms. The summed E-state index contributed by atoms with van der Waals surface area (Å²) >= 11 is 0.855. The van der Waals surface area contributed by atoms with Gasteiger partial charge in [-0.05, 0) is 51.1 Å². The Morgan fingerprint density at radius 3 is 2.48 bits per heavy atom. The van der Waals surface area contributed by atoms with Gasteiger partial charge in [0.15, 0.2) is 11.5 Å². The van der Waals surface area contributed by atoms with E-state index < -0.39 is 22.8 Å². The van der Waals surface area contributed by atoms with Crippen molar-refractivity contribution in [2.45, 2.75) is 38.8 Å². The summed E-state index contributed by atoms with van der Waals surface area (Å²) in [7, 11) is 3.08. The Balaban J connectivity index is 1.86. The lowest BCUT2D eigenvalue weighted by Crippen LogP contribution is -2.40. The second-order valence-corrected chi connectivity index (χ2v) is 9.21. The van der Waals surface area contributed by atoms with Gasteiger partial charge in [0.1, 0.15) is 5.60 Å². The Labute approximate surface area is 185 Å². The average molecular weight is 450 g/mol. The van der Waals surface area contributed by atoms with Crippen LogP contribution in [0.4, 0.5) is 15.3 Å². The first kappa shape index (κ1) is 22.8. The summed E-state index contributed by atoms with van der Waals surface area (Å²) in [5.41, 5.74) is 0.955. The first-order valence-corrected chi connectivity index (χ1v) is 10.7. The molecule has 2 fully saturated rings. The van der Waals surface area contributed by atoms with Crippen molar-refractivity contribution in [3.63, 3.8) is 0 Å². The number of ether oxygens (including phenoxy) is 3. The van der Waals surface area contributed by atoms with Crippen LogP contribution < -0.4 is 25.0 Å². The van der Waals surface area contributed by atoms with E-state index in [4.69, 9.17) is 14.2 Å². The summed E-state index contributed by atoms with van der Waals surface area (Å²) in [4.78, 5) is 38.1. The fourth-order valence-corrected chi connectivity index (χ4v) is 4.08. The number of anilines is 1. The van der Waals surface area contributed by atoms with Gasteiger partial charge in [-0.25, -0.2) is 4.79 Å². The van der Waals surface area contributed by atoms with Gasteiger partial charge in [-0.15, -0.1) is 0 Å². The van der Waals surface area contributed by atoms with Crippen molar-refractivity contribution < 1.29 is 28.6 Å². The molecule has 3 amide bonds. The van der Waals surface area contributed by atoms with Crippen molar-refractivity contribution in [3.8, 4) is 11.5 Å². The molecular formula is C21H27N3O6S. The zero-order valence-electron chi connectivity index (χ0n) is 18.2. The van der Waals surface area contributed by atoms with E-state index in [0.717, 1.165) is 23.9 Å². The van der Waals surface area contributed by atoms with Crippen molar-refractivity contribution >= 4 is 40.8 Å². The van der Waals surface area contributed by atoms with Gasteiger partial charge in [-0.2, -0.15) is 0 Å². The zero-order chi connectivity index (χ0) is 22.8. The number of benzene rings is 1. The van der Waals surface area contributed by atoms with E-state index in [0.29, 0.717) is 35.1 Å². The summed E-state index contributed by atoms with van der Waals surface area (Å²) in [5, 5.41) is 4.76. The molecule has 2 aliphatic rings. The molecule has 0 bridgehead atoms. The Hall–Kier alpha value is -2.88. The number of hydrogen-bond acceptors (Lipinski definition) is 8. The predicted molar refractivity (Wildman–Crippen MR) is 119 cm³/mol. The summed E-state index contributed by atoms with van der Waals surface area (Å²) in [6.45, 7) is 6.70. The molecule has 1 aromatic carbocycles. The van der Waals surface area contributed by atoms with Crippen LogP contribution in [0.3, 0.4) is 0 Å². The van der Waals surface area contributed by atoms with Crippen LogP contribution in [0, 0.1) is 0 Å². The standard InChI is InChI=1S/C21H27N3O6S/c1-21(2,3)30-19(26)22-13-6-7-24(11-13)14-10-16(29-5)15(28-4)8-12(14)9-17-18(25)23-20(27)31-17/h8-10,13H,6-7,11H2,1-5H3,(H,22,26)(H,23,25,27). The molecule has 9 nitrogen and oxygen atoms in total. The third-order valence-electron chi connectivity index (χ3n) is 4.71. The molecule has 31 heavy (non-hydrogen) atoms. The summed E-state index contributed by atoms with van der Waals surface area (Å²) < 4.78 is 16.2. The van der Waals surface area contributed by atoms with E-state index in [1.807, 2.05) is 26.8 Å². The molecule has 0 aliphatic carbocycles. The van der Waals surface area contributed by atoms with Gasteiger partial charge in [-0.1, -0.05) is 0 Å². The molecule has 0 spiro atoms. The highest BCUT2D eigenvalue weighted by molar-refractivity contribution is 8.18. The SMILES string of the molecule is COc1cc(C=C2SC(=O)NC2=O)c(N2CCC(NC(=O)OC(C)(C)C)C2)cc1OC. The second kappa shape index (κ2) is 9.09. The molecule has 0 saturated carbocycles. The van der Waals surface area contributed by atoms with Crippen LogP contribution in [0.15, 0.2) is 17.0 Å². The number of imide groups is 1. The van der Waals surface area contributed by atoms with Crippen molar-refractivity contribution in [2.24, 2.45) is 0 Å². The quantitative estimate of drug-likeness (QED) is 0.661. The number of alkyl carbamates (subject to hydrolysis) is 1. The number of methoxy groups -OCH3 is 2. The Bertz CT molecular complexity index is 924. The summed E-state index contributed by atoms with van der Waals surface area (Å²) in [6, 6.07) is 3.52. The molecule has 0 radical (unpaired) electrons. The maximum absolute atomic E-state index is 12.1. The van der Waals surface area contributed by atoms with E-state index in [1.54, 1.807) is 19.3 Å². The fraction of sp³-hybridized carbons (Fsp3) is 0.476. The minimum absolute atomic E-state index is 0.0887. The minimum atomic E-state index is -0.567. The Morgan fingerprint density at radius 2 is 1.90 bits per heavy atom. The van der Waals surface area contributed by atoms with Gasteiger partial charge in [0.25, 0.3) is 11.1 Å². The Morgan fingerprint density at radius 1 is 1.23 bits per heavy atom. The average Bonchev–Trinajstić information content (AvgIpc) is 3.25. The van der Waals surface area contributed by atoms with E-state index in [2.05, 4.69) is 15.5 Å². The van der Waals surface area contributed by atoms with Crippen molar-refractivity contribution in [3.05, 3.63) is 22.6 Å². The second-order valence-electron chi connectivity index (χ2n) is 8.20. The van der Waals surface area contributed by atoms with E-state index in [1.165, 1.54) is 7.11 Å². The number of nitrogens with zero attached hydrogens (tertiary/aromatic N) is 1. The number of hydrogen-bond donors (Lipinski definition) is 2. The number of rotatable bonds is 5. The van der Waals surface area contributed by atoms with E-state index in [-0.39, 0.29) is 6.04 Å². The summed E-state index contributed by atoms with van der Waals surface area (Å²) in [6.07, 6.45) is 1.94. The lowest BCUT2D eigenvalue weighted by molar-refractivity contribution is -0.115. The van der Waals surface area contributed by atoms with Crippen LogP contribution in [0.2, 0.25) is 0 Å². The van der Waals surface area contributed by atoms with Gasteiger partial charge in [-0.3, -0.25) is 14.9 Å². The summed E-state index contributed by atoms with van der Waals surface area (Å²) in [5.74, 6) is 0.625. The topological polar surface area (TPSA) is 106 Å². The highest BCUT2D eigenvalue weighted by atomic mass is 32.2. The first-order valence-electron chi connectivity index (χ1n) is 9.85. The molecule has 168 valence electrons. The van der Waals surface area contributed by atoms with Crippen molar-refractivity contribution in [1.29, 1.82) is 0 Å². The lowest BCUT2D eigenvalue weighted by Gasteiger charge is -2.24. The van der Waals surface area contributed by atoms with Gasteiger partial charge < -0.3 is 24.4 Å². The van der Waals surface area contributed by atoms with Gasteiger partial charge in [0, 0.05) is 30.4 Å². The van der Waals surface area contributed by atoms with E-state index >= 15 is 0 Å². The monoisotopic (exact) mass is 449 g/mol. The highest BCUT2D eigenvalue weighted by Crippen LogP contribution is 2.39. The Kier molecular flexibility index (Phi) is 6.68. The molecule has 2 saturated heterocycles. The molecule has 2 aliphatic heterocycles. The number of carbonyl (C=O) groups is 3. The first-order chi connectivity index (χ1) is 14.6. The van der Waals surface area contributed by atoms with Crippen LogP contribution >= 0.6 is 11.8 Å². The smallest absolute Gasteiger partial charge is 0.407 e. The van der Waals surface area contributed by atoms with E-state index in [9.17, 15) is 14.4 Å². The molecule has 2 heterocycles. The molecule has 2 N–H and O–H groups in total. The van der Waals surface area contributed by atoms with Crippen LogP contribution in [-0.2, 0) is 9.53 Å². The fourth-order valence-electron chi connectivity index (χ4n) is 3.41. The lowest BCUT2D eigenvalue weighted by atomic mass is 10.1. The third-order valence-corrected chi connectivity index (χ3v) is 5.52. The van der Waals surface area contributed by atoms with Gasteiger partial charge in [0.05, 0.1) is 25.2 Å². The normalized spacial score (nSPS) is 20.1. The number of nitrogens with one attached hydrogen (secondary N) is 2. The van der Waals surface area contributed by atoms with Gasteiger partial charge >= 0.3 is 6.09 Å². The molecule has 1 atom stereocenters. The molecule has 0 aromatic heterocycles. The number of thioether (sulfide) groups is 1. The van der Waals surface area contributed by atoms with Crippen LogP contribution in [0.5, 0.6) is 11.5 Å². The highest BCUT2D eigenvalue weighted by Gasteiger charge is 2.30. The largest absolute Gasteiger partial charge is 0.493 e. The maximum Gasteiger partial charge on any atom is 0.407 e. The number of carbonyl (C=O) groups excluding carboxylic acids is 3. The number of amides is 3. The van der Waals surface area contributed by atoms with Crippen LogP contribution in [0.1, 0.15) is 32.8 Å². The van der Waals surface area contributed by atoms with Crippen molar-refractivity contribution in [2.75, 3.05) is 32.2 Å².